The highest BCUT2D eigenvalue weighted by Gasteiger charge is 2.42. The topological polar surface area (TPSA) is 32.7 Å². The van der Waals surface area contributed by atoms with E-state index in [0.717, 1.165) is 19.7 Å². The fourth-order valence-electron chi connectivity index (χ4n) is 2.32. The van der Waals surface area contributed by atoms with Crippen molar-refractivity contribution in [2.45, 2.75) is 31.8 Å². The number of hydrogen-bond donors (Lipinski definition) is 1. The van der Waals surface area contributed by atoms with Gasteiger partial charge in [0.2, 0.25) is 0 Å². The van der Waals surface area contributed by atoms with Crippen molar-refractivity contribution in [1.82, 2.24) is 4.90 Å². The zero-order valence-electron chi connectivity index (χ0n) is 9.04. The maximum absolute atomic E-state index is 9.21. The maximum atomic E-state index is 9.21. The molecule has 2 aliphatic rings. The number of ether oxygens (including phenoxy) is 1. The van der Waals surface area contributed by atoms with Crippen molar-refractivity contribution in [2.24, 2.45) is 5.41 Å². The molecule has 3 heteroatoms. The minimum atomic E-state index is 0.243. The molecule has 14 heavy (non-hydrogen) atoms. The van der Waals surface area contributed by atoms with Gasteiger partial charge in [0, 0.05) is 31.7 Å². The second kappa shape index (κ2) is 4.17. The Bertz CT molecular complexity index is 186. The fourth-order valence-corrected chi connectivity index (χ4v) is 2.32. The lowest BCUT2D eigenvalue weighted by molar-refractivity contribution is 0.0689. The summed E-state index contributed by atoms with van der Waals surface area (Å²) in [7, 11) is 2.14. The largest absolute Gasteiger partial charge is 0.396 e. The van der Waals surface area contributed by atoms with Crippen LogP contribution < -0.4 is 0 Å². The average molecular weight is 199 g/mol. The van der Waals surface area contributed by atoms with E-state index in [1.165, 1.54) is 25.7 Å². The Hall–Kier alpha value is -0.120. The van der Waals surface area contributed by atoms with Crippen molar-refractivity contribution >= 4 is 0 Å². The first-order valence-electron chi connectivity index (χ1n) is 5.65. The molecule has 0 aromatic heterocycles. The highest BCUT2D eigenvalue weighted by Crippen LogP contribution is 2.45. The third-order valence-electron chi connectivity index (χ3n) is 3.44. The lowest BCUT2D eigenvalue weighted by atomic mass is 10.1. The fraction of sp³-hybridized carbons (Fsp3) is 1.00. The van der Waals surface area contributed by atoms with Crippen LogP contribution in [0, 0.1) is 5.41 Å². The number of nitrogens with zero attached hydrogens (tertiary/aromatic N) is 1. The summed E-state index contributed by atoms with van der Waals surface area (Å²) in [6, 6.07) is 0. The van der Waals surface area contributed by atoms with Gasteiger partial charge in [-0.2, -0.15) is 0 Å². The number of hydrogen-bond acceptors (Lipinski definition) is 3. The van der Waals surface area contributed by atoms with E-state index >= 15 is 0 Å². The van der Waals surface area contributed by atoms with E-state index in [-0.39, 0.29) is 5.41 Å². The molecule has 3 nitrogen and oxygen atoms in total. The van der Waals surface area contributed by atoms with Crippen LogP contribution in [0.3, 0.4) is 0 Å². The van der Waals surface area contributed by atoms with Gasteiger partial charge in [0.05, 0.1) is 6.10 Å². The molecule has 1 aliphatic heterocycles. The van der Waals surface area contributed by atoms with Crippen molar-refractivity contribution in [3.63, 3.8) is 0 Å². The van der Waals surface area contributed by atoms with Gasteiger partial charge in [-0.05, 0) is 32.7 Å². The van der Waals surface area contributed by atoms with Crippen LogP contribution in [0.5, 0.6) is 0 Å². The Labute approximate surface area is 86.0 Å². The SMILES string of the molecule is CN(CC1CCCO1)CC1(CO)CC1. The maximum Gasteiger partial charge on any atom is 0.0702 e. The van der Waals surface area contributed by atoms with Crippen molar-refractivity contribution in [2.75, 3.05) is 33.4 Å². The number of aliphatic hydroxyl groups excluding tert-OH is 1. The van der Waals surface area contributed by atoms with Crippen molar-refractivity contribution < 1.29 is 9.84 Å². The Kier molecular flexibility index (Phi) is 3.10. The van der Waals surface area contributed by atoms with E-state index in [9.17, 15) is 5.11 Å². The van der Waals surface area contributed by atoms with Gasteiger partial charge in [0.15, 0.2) is 0 Å². The summed E-state index contributed by atoms with van der Waals surface area (Å²) in [6.45, 7) is 3.34. The van der Waals surface area contributed by atoms with Crippen LogP contribution in [0.2, 0.25) is 0 Å². The van der Waals surface area contributed by atoms with Gasteiger partial charge in [0.25, 0.3) is 0 Å². The highest BCUT2D eigenvalue weighted by atomic mass is 16.5. The lowest BCUT2D eigenvalue weighted by Gasteiger charge is -2.24. The van der Waals surface area contributed by atoms with Gasteiger partial charge in [-0.25, -0.2) is 0 Å². The number of likely N-dealkylation sites (N-methyl/N-ethyl adjacent to an activating group) is 1. The molecule has 1 saturated carbocycles. The predicted molar refractivity (Wildman–Crippen MR) is 55.2 cm³/mol. The van der Waals surface area contributed by atoms with Crippen LogP contribution >= 0.6 is 0 Å². The summed E-state index contributed by atoms with van der Waals surface area (Å²) in [6.07, 6.45) is 5.24. The minimum absolute atomic E-state index is 0.243. The van der Waals surface area contributed by atoms with E-state index in [2.05, 4.69) is 11.9 Å². The molecule has 0 spiro atoms. The molecule has 2 rings (SSSR count). The molecule has 0 radical (unpaired) electrons. The Morgan fingerprint density at radius 1 is 1.50 bits per heavy atom. The molecule has 1 N–H and O–H groups in total. The molecule has 0 bridgehead atoms. The summed E-state index contributed by atoms with van der Waals surface area (Å²) in [5, 5.41) is 9.21. The van der Waals surface area contributed by atoms with Crippen molar-refractivity contribution in [3.8, 4) is 0 Å². The van der Waals surface area contributed by atoms with E-state index in [1.807, 2.05) is 0 Å². The molecule has 2 fully saturated rings. The second-order valence-corrected chi connectivity index (χ2v) is 4.99. The lowest BCUT2D eigenvalue weighted by Crippen LogP contribution is -2.34. The summed E-state index contributed by atoms with van der Waals surface area (Å²) < 4.78 is 5.59. The van der Waals surface area contributed by atoms with Crippen LogP contribution in [-0.4, -0.2) is 49.5 Å². The highest BCUT2D eigenvalue weighted by molar-refractivity contribution is 4.94. The van der Waals surface area contributed by atoms with Crippen molar-refractivity contribution in [3.05, 3.63) is 0 Å². The summed E-state index contributed by atoms with van der Waals surface area (Å²) in [5.41, 5.74) is 0.243. The normalized spacial score (nSPS) is 29.8. The predicted octanol–water partition coefficient (Wildman–Crippen LogP) is 0.870. The third kappa shape index (κ3) is 2.47. The first-order valence-corrected chi connectivity index (χ1v) is 5.65. The molecular weight excluding hydrogens is 178 g/mol. The Balaban J connectivity index is 1.70. The Morgan fingerprint density at radius 3 is 2.79 bits per heavy atom. The second-order valence-electron chi connectivity index (χ2n) is 4.99. The molecule has 0 aromatic carbocycles. The quantitative estimate of drug-likeness (QED) is 0.713. The molecule has 1 heterocycles. The standard InChI is InChI=1S/C11H21NO2/c1-12(7-10-3-2-6-14-10)8-11(9-13)4-5-11/h10,13H,2-9H2,1H3. The molecule has 1 saturated heterocycles. The van der Waals surface area contributed by atoms with Crippen LogP contribution in [0.25, 0.3) is 0 Å². The smallest absolute Gasteiger partial charge is 0.0702 e. The van der Waals surface area contributed by atoms with Gasteiger partial charge >= 0.3 is 0 Å². The monoisotopic (exact) mass is 199 g/mol. The molecule has 1 atom stereocenters. The first kappa shape index (κ1) is 10.4. The van der Waals surface area contributed by atoms with Crippen LogP contribution in [-0.2, 0) is 4.74 Å². The van der Waals surface area contributed by atoms with Gasteiger partial charge in [-0.1, -0.05) is 0 Å². The summed E-state index contributed by atoms with van der Waals surface area (Å²) in [5.74, 6) is 0. The van der Waals surface area contributed by atoms with Gasteiger partial charge in [-0.3, -0.25) is 0 Å². The van der Waals surface area contributed by atoms with Crippen molar-refractivity contribution in [1.29, 1.82) is 0 Å². The molecule has 82 valence electrons. The van der Waals surface area contributed by atoms with Crippen LogP contribution in [0.1, 0.15) is 25.7 Å². The van der Waals surface area contributed by atoms with Crippen LogP contribution in [0.4, 0.5) is 0 Å². The minimum Gasteiger partial charge on any atom is -0.396 e. The zero-order valence-corrected chi connectivity index (χ0v) is 9.04. The number of rotatable bonds is 5. The van der Waals surface area contributed by atoms with E-state index < -0.39 is 0 Å². The number of aliphatic hydroxyl groups is 1. The van der Waals surface area contributed by atoms with Gasteiger partial charge in [0.1, 0.15) is 0 Å². The first-order chi connectivity index (χ1) is 6.74. The van der Waals surface area contributed by atoms with E-state index in [4.69, 9.17) is 4.74 Å². The summed E-state index contributed by atoms with van der Waals surface area (Å²) in [4.78, 5) is 2.32. The zero-order chi connectivity index (χ0) is 10.0. The molecular formula is C11H21NO2. The van der Waals surface area contributed by atoms with Gasteiger partial charge in [-0.15, -0.1) is 0 Å². The van der Waals surface area contributed by atoms with Crippen LogP contribution in [0.15, 0.2) is 0 Å². The molecule has 1 unspecified atom stereocenters. The molecule has 0 aromatic rings. The average Bonchev–Trinajstić information content (AvgIpc) is 2.74. The van der Waals surface area contributed by atoms with E-state index in [1.54, 1.807) is 0 Å². The summed E-state index contributed by atoms with van der Waals surface area (Å²) >= 11 is 0. The molecule has 1 aliphatic carbocycles. The molecule has 0 amide bonds. The Morgan fingerprint density at radius 2 is 2.29 bits per heavy atom. The van der Waals surface area contributed by atoms with Gasteiger partial charge < -0.3 is 14.7 Å². The van der Waals surface area contributed by atoms with E-state index in [0.29, 0.717) is 12.7 Å². The third-order valence-corrected chi connectivity index (χ3v) is 3.44.